The first-order valence-electron chi connectivity index (χ1n) is 11.0. The Balaban J connectivity index is 0.000000157. The van der Waals surface area contributed by atoms with Crippen LogP contribution in [0.1, 0.15) is 77.0 Å². The van der Waals surface area contributed by atoms with E-state index in [-0.39, 0.29) is 5.79 Å². The van der Waals surface area contributed by atoms with E-state index < -0.39 is 0 Å². The Bertz CT molecular complexity index is 375. The van der Waals surface area contributed by atoms with Crippen LogP contribution >= 0.6 is 0 Å². The van der Waals surface area contributed by atoms with Gasteiger partial charge in [-0.25, -0.2) is 0 Å². The lowest BCUT2D eigenvalue weighted by molar-refractivity contribution is -0.0159. The molecule has 3 N–H and O–H groups in total. The van der Waals surface area contributed by atoms with Crippen LogP contribution in [0.25, 0.3) is 0 Å². The molecule has 25 heavy (non-hydrogen) atoms. The fraction of sp³-hybridized carbons (Fsp3) is 1.00. The summed E-state index contributed by atoms with van der Waals surface area (Å²) >= 11 is 0. The minimum Gasteiger partial charge on any atom is -0.314 e. The van der Waals surface area contributed by atoms with Crippen molar-refractivity contribution in [1.82, 2.24) is 20.5 Å². The van der Waals surface area contributed by atoms with Gasteiger partial charge < -0.3 is 9.88 Å². The van der Waals surface area contributed by atoms with Crippen molar-refractivity contribution in [3.8, 4) is 0 Å². The Kier molecular flexibility index (Phi) is 7.38. The first-order chi connectivity index (χ1) is 12.2. The highest BCUT2D eigenvalue weighted by Gasteiger charge is 2.43. The molecule has 2 aliphatic heterocycles. The Morgan fingerprint density at radius 1 is 0.840 bits per heavy atom. The molecule has 0 radical (unpaired) electrons. The molecule has 2 saturated heterocycles. The van der Waals surface area contributed by atoms with Gasteiger partial charge in [0.15, 0.2) is 0 Å². The summed E-state index contributed by atoms with van der Waals surface area (Å²) in [6.07, 6.45) is 17.2. The van der Waals surface area contributed by atoms with Gasteiger partial charge in [-0.15, -0.1) is 0 Å². The number of hydrogen-bond donors (Lipinski definition) is 3. The van der Waals surface area contributed by atoms with E-state index in [4.69, 9.17) is 0 Å². The summed E-state index contributed by atoms with van der Waals surface area (Å²) in [5.41, 5.74) is 0. The van der Waals surface area contributed by atoms with Crippen molar-refractivity contribution in [3.63, 3.8) is 0 Å². The Morgan fingerprint density at radius 2 is 1.48 bits per heavy atom. The monoisotopic (exact) mass is 366 g/mol. The standard InChI is InChI=1S/C11H25N3Si.C9H17N/c1-12-11(13-2)8-7-9-5-3-4-6-10(9)14(11)15;1-2-6-9-8(4-1)5-3-7-10-9/h9-10,12-13H,3-8H2,1-2,15H3;8-10H,1-7H2. The summed E-state index contributed by atoms with van der Waals surface area (Å²) in [5, 5.41) is 10.6. The van der Waals surface area contributed by atoms with Crippen LogP contribution in [0.5, 0.6) is 0 Å². The van der Waals surface area contributed by atoms with Crippen LogP contribution in [0.15, 0.2) is 0 Å². The minimum absolute atomic E-state index is 0.102. The van der Waals surface area contributed by atoms with Crippen molar-refractivity contribution in [1.29, 1.82) is 0 Å². The van der Waals surface area contributed by atoms with Gasteiger partial charge in [-0.05, 0) is 83.8 Å². The topological polar surface area (TPSA) is 39.3 Å². The van der Waals surface area contributed by atoms with Gasteiger partial charge >= 0.3 is 0 Å². The summed E-state index contributed by atoms with van der Waals surface area (Å²) in [6.45, 7) is 1.28. The highest BCUT2D eigenvalue weighted by atomic mass is 28.2. The SMILES string of the molecule is C1CCC2NCCCC2C1.CNC1(NC)CCC2CCCCC2N1[SiH3]. The fourth-order valence-corrected chi connectivity index (χ4v) is 7.44. The maximum atomic E-state index is 3.62. The molecule has 4 rings (SSSR count). The molecule has 4 unspecified atom stereocenters. The van der Waals surface area contributed by atoms with Crippen LogP contribution in [-0.4, -0.2) is 53.5 Å². The van der Waals surface area contributed by atoms with E-state index in [1.807, 2.05) is 0 Å². The third-order valence-corrected chi connectivity index (χ3v) is 9.17. The van der Waals surface area contributed by atoms with Gasteiger partial charge in [0.1, 0.15) is 5.79 Å². The first kappa shape index (κ1) is 19.8. The Morgan fingerprint density at radius 3 is 2.20 bits per heavy atom. The fourth-order valence-electron chi connectivity index (χ4n) is 6.09. The zero-order valence-corrected chi connectivity index (χ0v) is 18.9. The van der Waals surface area contributed by atoms with Gasteiger partial charge in [0, 0.05) is 12.1 Å². The molecule has 2 heterocycles. The second-order valence-corrected chi connectivity index (χ2v) is 9.83. The highest BCUT2D eigenvalue weighted by Crippen LogP contribution is 2.38. The lowest BCUT2D eigenvalue weighted by Crippen LogP contribution is -2.71. The number of fused-ring (bicyclic) bond motifs is 2. The molecule has 4 aliphatic rings. The van der Waals surface area contributed by atoms with Crippen molar-refractivity contribution in [2.45, 2.75) is 94.9 Å². The third-order valence-electron chi connectivity index (χ3n) is 7.74. The van der Waals surface area contributed by atoms with Crippen molar-refractivity contribution in [3.05, 3.63) is 0 Å². The smallest absolute Gasteiger partial charge is 0.119 e. The zero-order chi connectivity index (χ0) is 17.7. The number of rotatable bonds is 2. The highest BCUT2D eigenvalue weighted by molar-refractivity contribution is 6.05. The average molecular weight is 367 g/mol. The van der Waals surface area contributed by atoms with E-state index in [2.05, 4.69) is 34.6 Å². The molecule has 146 valence electrons. The summed E-state index contributed by atoms with van der Waals surface area (Å²) in [6, 6.07) is 1.75. The molecule has 0 bridgehead atoms. The molecule has 0 aromatic heterocycles. The van der Waals surface area contributed by atoms with E-state index in [9.17, 15) is 0 Å². The molecular weight excluding hydrogens is 324 g/mol. The molecule has 0 aromatic carbocycles. The quantitative estimate of drug-likeness (QED) is 0.516. The number of nitrogens with one attached hydrogen (secondary N) is 3. The minimum atomic E-state index is 0.102. The molecule has 4 atom stereocenters. The summed E-state index contributed by atoms with van der Waals surface area (Å²) < 4.78 is 2.68. The summed E-state index contributed by atoms with van der Waals surface area (Å²) in [7, 11) is 5.33. The van der Waals surface area contributed by atoms with Crippen LogP contribution in [0.2, 0.25) is 0 Å². The molecule has 0 amide bonds. The van der Waals surface area contributed by atoms with Gasteiger partial charge in [-0.1, -0.05) is 25.7 Å². The lowest BCUT2D eigenvalue weighted by Gasteiger charge is -2.54. The van der Waals surface area contributed by atoms with Gasteiger partial charge in [0.05, 0.1) is 10.4 Å². The second kappa shape index (κ2) is 9.31. The predicted molar refractivity (Wildman–Crippen MR) is 111 cm³/mol. The number of hydrogen-bond acceptors (Lipinski definition) is 4. The predicted octanol–water partition coefficient (Wildman–Crippen LogP) is 1.94. The number of nitrogens with zero attached hydrogens (tertiary/aromatic N) is 1. The normalized spacial score (nSPS) is 38.2. The maximum Gasteiger partial charge on any atom is 0.119 e. The maximum absolute atomic E-state index is 3.62. The third kappa shape index (κ3) is 4.49. The van der Waals surface area contributed by atoms with Crippen molar-refractivity contribution >= 4 is 10.4 Å². The van der Waals surface area contributed by atoms with Crippen LogP contribution in [0, 0.1) is 11.8 Å². The van der Waals surface area contributed by atoms with Gasteiger partial charge in [0.25, 0.3) is 0 Å². The van der Waals surface area contributed by atoms with Crippen molar-refractivity contribution < 1.29 is 0 Å². The Labute approximate surface area is 158 Å². The molecular formula is C20H42N4Si. The van der Waals surface area contributed by atoms with E-state index in [1.165, 1.54) is 83.6 Å². The molecule has 4 nitrogen and oxygen atoms in total. The molecule has 0 aromatic rings. The van der Waals surface area contributed by atoms with Crippen LogP contribution < -0.4 is 16.0 Å². The lowest BCUT2D eigenvalue weighted by atomic mass is 9.77. The molecule has 4 fully saturated rings. The average Bonchev–Trinajstić information content (AvgIpc) is 2.70. The van der Waals surface area contributed by atoms with E-state index in [0.717, 1.165) is 34.3 Å². The second-order valence-electron chi connectivity index (χ2n) is 8.87. The summed E-state index contributed by atoms with van der Waals surface area (Å²) in [5.74, 6) is 2.12. The molecule has 0 spiro atoms. The largest absolute Gasteiger partial charge is 0.314 e. The zero-order valence-electron chi connectivity index (χ0n) is 16.9. The van der Waals surface area contributed by atoms with Crippen LogP contribution in [-0.2, 0) is 0 Å². The molecule has 5 heteroatoms. The Hall–Kier alpha value is 0.0569. The molecule has 2 aliphatic carbocycles. The summed E-state index contributed by atoms with van der Waals surface area (Å²) in [4.78, 5) is 0. The van der Waals surface area contributed by atoms with Crippen LogP contribution in [0.3, 0.4) is 0 Å². The first-order valence-corrected chi connectivity index (χ1v) is 11.9. The van der Waals surface area contributed by atoms with Crippen LogP contribution in [0.4, 0.5) is 0 Å². The van der Waals surface area contributed by atoms with E-state index in [0.29, 0.717) is 0 Å². The van der Waals surface area contributed by atoms with Crippen molar-refractivity contribution in [2.24, 2.45) is 11.8 Å². The number of piperidine rings is 2. The van der Waals surface area contributed by atoms with Gasteiger partial charge in [0.2, 0.25) is 0 Å². The van der Waals surface area contributed by atoms with Gasteiger partial charge in [-0.2, -0.15) is 0 Å². The van der Waals surface area contributed by atoms with Gasteiger partial charge in [-0.3, -0.25) is 10.6 Å². The van der Waals surface area contributed by atoms with E-state index in [1.54, 1.807) is 0 Å². The van der Waals surface area contributed by atoms with E-state index >= 15 is 0 Å². The molecule has 2 saturated carbocycles. The van der Waals surface area contributed by atoms with Crippen molar-refractivity contribution in [2.75, 3.05) is 20.6 Å².